The Kier molecular flexibility index (Phi) is 3.29. The number of hydrogen-bond acceptors (Lipinski definition) is 2. The molecule has 0 aromatic rings. The SMILES string of the molecule is O=C(NCC1(O)CCC1)C1CCCCC1. The van der Waals surface area contributed by atoms with Gasteiger partial charge in [-0.2, -0.15) is 0 Å². The van der Waals surface area contributed by atoms with Crippen LogP contribution in [0.2, 0.25) is 0 Å². The molecular weight excluding hydrogens is 190 g/mol. The first-order valence-corrected chi connectivity index (χ1v) is 6.20. The molecule has 2 N–H and O–H groups in total. The molecule has 2 aliphatic rings. The van der Waals surface area contributed by atoms with Crippen molar-refractivity contribution in [3.05, 3.63) is 0 Å². The summed E-state index contributed by atoms with van der Waals surface area (Å²) in [5.41, 5.74) is -0.579. The number of carbonyl (C=O) groups excluding carboxylic acids is 1. The average molecular weight is 211 g/mol. The Morgan fingerprint density at radius 3 is 2.40 bits per heavy atom. The zero-order valence-corrected chi connectivity index (χ0v) is 9.30. The van der Waals surface area contributed by atoms with Gasteiger partial charge in [-0.05, 0) is 32.1 Å². The van der Waals surface area contributed by atoms with Crippen LogP contribution in [0.4, 0.5) is 0 Å². The van der Waals surface area contributed by atoms with Gasteiger partial charge in [-0.25, -0.2) is 0 Å². The van der Waals surface area contributed by atoms with E-state index in [9.17, 15) is 9.90 Å². The second kappa shape index (κ2) is 4.52. The highest BCUT2D eigenvalue weighted by Crippen LogP contribution is 2.31. The summed E-state index contributed by atoms with van der Waals surface area (Å²) in [5.74, 6) is 0.373. The van der Waals surface area contributed by atoms with E-state index in [-0.39, 0.29) is 11.8 Å². The molecule has 0 spiro atoms. The summed E-state index contributed by atoms with van der Waals surface area (Å²) in [6, 6.07) is 0. The lowest BCUT2D eigenvalue weighted by molar-refractivity contribution is -0.128. The molecule has 0 radical (unpaired) electrons. The minimum atomic E-state index is -0.579. The summed E-state index contributed by atoms with van der Waals surface area (Å²) in [6.45, 7) is 0.461. The van der Waals surface area contributed by atoms with Gasteiger partial charge in [0.1, 0.15) is 0 Å². The molecule has 0 saturated heterocycles. The highest BCUT2D eigenvalue weighted by molar-refractivity contribution is 5.78. The number of carbonyl (C=O) groups is 1. The van der Waals surface area contributed by atoms with Gasteiger partial charge < -0.3 is 10.4 Å². The molecule has 0 aliphatic heterocycles. The van der Waals surface area contributed by atoms with Crippen LogP contribution in [0.25, 0.3) is 0 Å². The first kappa shape index (κ1) is 10.9. The van der Waals surface area contributed by atoms with Crippen LogP contribution >= 0.6 is 0 Å². The number of hydrogen-bond donors (Lipinski definition) is 2. The molecule has 0 aromatic heterocycles. The minimum Gasteiger partial charge on any atom is -0.388 e. The van der Waals surface area contributed by atoms with Gasteiger partial charge in [0.15, 0.2) is 0 Å². The third-order valence-corrected chi connectivity index (χ3v) is 3.85. The standard InChI is InChI=1S/C12H21NO2/c14-11(10-5-2-1-3-6-10)13-9-12(15)7-4-8-12/h10,15H,1-9H2,(H,13,14). The van der Waals surface area contributed by atoms with Crippen molar-refractivity contribution >= 4 is 5.91 Å². The van der Waals surface area contributed by atoms with E-state index < -0.39 is 5.60 Å². The largest absolute Gasteiger partial charge is 0.388 e. The van der Waals surface area contributed by atoms with E-state index in [1.165, 1.54) is 19.3 Å². The lowest BCUT2D eigenvalue weighted by atomic mass is 9.80. The van der Waals surface area contributed by atoms with E-state index in [1.54, 1.807) is 0 Å². The molecule has 0 aromatic carbocycles. The Hall–Kier alpha value is -0.570. The molecule has 15 heavy (non-hydrogen) atoms. The maximum atomic E-state index is 11.8. The molecule has 3 nitrogen and oxygen atoms in total. The Balaban J connectivity index is 1.71. The van der Waals surface area contributed by atoms with Crippen molar-refractivity contribution in [2.45, 2.75) is 57.0 Å². The van der Waals surface area contributed by atoms with Gasteiger partial charge in [0.2, 0.25) is 5.91 Å². The summed E-state index contributed by atoms with van der Waals surface area (Å²) in [4.78, 5) is 11.8. The Labute approximate surface area is 91.2 Å². The second-order valence-corrected chi connectivity index (χ2v) is 5.13. The van der Waals surface area contributed by atoms with Gasteiger partial charge in [0.05, 0.1) is 5.60 Å². The van der Waals surface area contributed by atoms with Crippen LogP contribution in [0.15, 0.2) is 0 Å². The maximum Gasteiger partial charge on any atom is 0.223 e. The van der Waals surface area contributed by atoms with E-state index >= 15 is 0 Å². The van der Waals surface area contributed by atoms with E-state index in [1.807, 2.05) is 0 Å². The number of amides is 1. The van der Waals surface area contributed by atoms with Gasteiger partial charge in [-0.15, -0.1) is 0 Å². The normalized spacial score (nSPS) is 25.7. The van der Waals surface area contributed by atoms with Crippen LogP contribution in [0.3, 0.4) is 0 Å². The predicted molar refractivity (Wildman–Crippen MR) is 58.4 cm³/mol. The maximum absolute atomic E-state index is 11.8. The third-order valence-electron chi connectivity index (χ3n) is 3.85. The molecule has 1 amide bonds. The van der Waals surface area contributed by atoms with Crippen molar-refractivity contribution in [1.82, 2.24) is 5.32 Å². The first-order chi connectivity index (χ1) is 7.20. The summed E-state index contributed by atoms with van der Waals surface area (Å²) in [7, 11) is 0. The van der Waals surface area contributed by atoms with E-state index in [2.05, 4.69) is 5.32 Å². The molecule has 2 fully saturated rings. The molecule has 3 heteroatoms. The minimum absolute atomic E-state index is 0.162. The molecule has 0 unspecified atom stereocenters. The van der Waals surface area contributed by atoms with Gasteiger partial charge in [0.25, 0.3) is 0 Å². The topological polar surface area (TPSA) is 49.3 Å². The first-order valence-electron chi connectivity index (χ1n) is 6.20. The third kappa shape index (κ3) is 2.71. The number of aliphatic hydroxyl groups is 1. The smallest absolute Gasteiger partial charge is 0.223 e. The summed E-state index contributed by atoms with van der Waals surface area (Å²) < 4.78 is 0. The highest BCUT2D eigenvalue weighted by Gasteiger charge is 2.35. The van der Waals surface area contributed by atoms with Crippen LogP contribution < -0.4 is 5.32 Å². The van der Waals surface area contributed by atoms with Crippen molar-refractivity contribution in [2.24, 2.45) is 5.92 Å². The Bertz CT molecular complexity index is 230. The zero-order chi connectivity index (χ0) is 10.7. The number of nitrogens with one attached hydrogen (secondary N) is 1. The number of rotatable bonds is 3. The van der Waals surface area contributed by atoms with Crippen molar-refractivity contribution in [1.29, 1.82) is 0 Å². The fraction of sp³-hybridized carbons (Fsp3) is 0.917. The Morgan fingerprint density at radius 2 is 1.87 bits per heavy atom. The van der Waals surface area contributed by atoms with Crippen molar-refractivity contribution in [3.8, 4) is 0 Å². The van der Waals surface area contributed by atoms with Crippen LogP contribution in [0.1, 0.15) is 51.4 Å². The van der Waals surface area contributed by atoms with E-state index in [4.69, 9.17) is 0 Å². The zero-order valence-electron chi connectivity index (χ0n) is 9.30. The molecule has 0 bridgehead atoms. The summed E-state index contributed by atoms with van der Waals surface area (Å²) in [6.07, 6.45) is 8.48. The van der Waals surface area contributed by atoms with Crippen molar-refractivity contribution < 1.29 is 9.90 Å². The lowest BCUT2D eigenvalue weighted by Crippen LogP contribution is -2.49. The van der Waals surface area contributed by atoms with Crippen LogP contribution in [-0.2, 0) is 4.79 Å². The average Bonchev–Trinajstić information content (AvgIpc) is 2.24. The van der Waals surface area contributed by atoms with Crippen LogP contribution in [-0.4, -0.2) is 23.2 Å². The van der Waals surface area contributed by atoms with E-state index in [0.717, 1.165) is 32.1 Å². The second-order valence-electron chi connectivity index (χ2n) is 5.13. The lowest BCUT2D eigenvalue weighted by Gasteiger charge is -2.37. The molecule has 2 aliphatic carbocycles. The Morgan fingerprint density at radius 1 is 1.20 bits per heavy atom. The fourth-order valence-corrected chi connectivity index (χ4v) is 2.52. The quantitative estimate of drug-likeness (QED) is 0.745. The van der Waals surface area contributed by atoms with Crippen LogP contribution in [0, 0.1) is 5.92 Å². The fourth-order valence-electron chi connectivity index (χ4n) is 2.52. The summed E-state index contributed by atoms with van der Waals surface area (Å²) in [5, 5.41) is 12.7. The molecule has 0 heterocycles. The van der Waals surface area contributed by atoms with Gasteiger partial charge >= 0.3 is 0 Å². The van der Waals surface area contributed by atoms with Crippen molar-refractivity contribution in [3.63, 3.8) is 0 Å². The van der Waals surface area contributed by atoms with Gasteiger partial charge in [-0.1, -0.05) is 19.3 Å². The van der Waals surface area contributed by atoms with Gasteiger partial charge in [0, 0.05) is 12.5 Å². The van der Waals surface area contributed by atoms with Gasteiger partial charge in [-0.3, -0.25) is 4.79 Å². The van der Waals surface area contributed by atoms with Crippen molar-refractivity contribution in [2.75, 3.05) is 6.54 Å². The molecule has 2 rings (SSSR count). The van der Waals surface area contributed by atoms with E-state index in [0.29, 0.717) is 6.54 Å². The monoisotopic (exact) mass is 211 g/mol. The molecular formula is C12H21NO2. The van der Waals surface area contributed by atoms with Crippen LogP contribution in [0.5, 0.6) is 0 Å². The molecule has 86 valence electrons. The predicted octanol–water partition coefficient (Wildman–Crippen LogP) is 1.60. The molecule has 0 atom stereocenters. The highest BCUT2D eigenvalue weighted by atomic mass is 16.3. The molecule has 2 saturated carbocycles. The summed E-state index contributed by atoms with van der Waals surface area (Å²) >= 11 is 0.